The monoisotopic (exact) mass is 402 g/mol. The number of aromatic nitrogens is 1. The number of rotatable bonds is 4. The molecule has 2 heterocycles. The van der Waals surface area contributed by atoms with E-state index in [9.17, 15) is 13.2 Å². The quantitative estimate of drug-likeness (QED) is 0.592. The molecule has 1 saturated heterocycles. The second-order valence-corrected chi connectivity index (χ2v) is 8.68. The lowest BCUT2D eigenvalue weighted by molar-refractivity contribution is 0.0710. The molecule has 1 aliphatic heterocycles. The fourth-order valence-electron chi connectivity index (χ4n) is 2.45. The number of anilines is 1. The zero-order valence-corrected chi connectivity index (χ0v) is 15.3. The maximum Gasteiger partial charge on any atom is 0.286 e. The third-order valence-corrected chi connectivity index (χ3v) is 7.00. The van der Waals surface area contributed by atoms with Crippen molar-refractivity contribution < 1.29 is 18.4 Å². The van der Waals surface area contributed by atoms with Gasteiger partial charge < -0.3 is 4.90 Å². The van der Waals surface area contributed by atoms with Gasteiger partial charge in [-0.25, -0.2) is 18.9 Å². The number of hydrogen-bond donors (Lipinski definition) is 2. The SMILES string of the molecule is O=C(NO)c1cnc(N2CCN(S(=O)(=O)c3ccc(Cl)cc3)CC2)s1. The normalized spacial score (nSPS) is 16.0. The highest BCUT2D eigenvalue weighted by Gasteiger charge is 2.29. The van der Waals surface area contributed by atoms with E-state index >= 15 is 0 Å². The van der Waals surface area contributed by atoms with Crippen LogP contribution in [0.4, 0.5) is 5.13 Å². The molecule has 1 amide bonds. The van der Waals surface area contributed by atoms with Crippen molar-refractivity contribution in [2.45, 2.75) is 4.90 Å². The summed E-state index contributed by atoms with van der Waals surface area (Å²) in [4.78, 5) is 17.9. The highest BCUT2D eigenvalue weighted by molar-refractivity contribution is 7.89. The molecular weight excluding hydrogens is 388 g/mol. The molecule has 0 radical (unpaired) electrons. The number of hydrogen-bond acceptors (Lipinski definition) is 7. The van der Waals surface area contributed by atoms with Crippen molar-refractivity contribution in [1.82, 2.24) is 14.8 Å². The van der Waals surface area contributed by atoms with Crippen LogP contribution in [0.2, 0.25) is 5.02 Å². The van der Waals surface area contributed by atoms with Gasteiger partial charge in [-0.15, -0.1) is 0 Å². The summed E-state index contributed by atoms with van der Waals surface area (Å²) < 4.78 is 26.7. The average Bonchev–Trinajstić information content (AvgIpc) is 3.11. The second-order valence-electron chi connectivity index (χ2n) is 5.29. The molecule has 0 atom stereocenters. The summed E-state index contributed by atoms with van der Waals surface area (Å²) in [6, 6.07) is 6.08. The van der Waals surface area contributed by atoms with Gasteiger partial charge in [-0.2, -0.15) is 4.31 Å². The van der Waals surface area contributed by atoms with Gasteiger partial charge in [-0.05, 0) is 24.3 Å². The van der Waals surface area contributed by atoms with Crippen molar-refractivity contribution in [3.8, 4) is 0 Å². The topological polar surface area (TPSA) is 103 Å². The van der Waals surface area contributed by atoms with Gasteiger partial charge in [0, 0.05) is 31.2 Å². The van der Waals surface area contributed by atoms with Crippen LogP contribution in [0, 0.1) is 0 Å². The molecule has 1 fully saturated rings. The molecule has 2 N–H and O–H groups in total. The molecule has 1 aromatic carbocycles. The van der Waals surface area contributed by atoms with Crippen molar-refractivity contribution in [1.29, 1.82) is 0 Å². The predicted octanol–water partition coefficient (Wildman–Crippen LogP) is 1.43. The lowest BCUT2D eigenvalue weighted by atomic mass is 10.4. The van der Waals surface area contributed by atoms with E-state index in [2.05, 4.69) is 4.98 Å². The largest absolute Gasteiger partial charge is 0.345 e. The van der Waals surface area contributed by atoms with Gasteiger partial charge in [-0.1, -0.05) is 22.9 Å². The highest BCUT2D eigenvalue weighted by atomic mass is 35.5. The molecule has 2 aromatic rings. The van der Waals surface area contributed by atoms with Crippen LogP contribution < -0.4 is 10.4 Å². The number of halogens is 1. The van der Waals surface area contributed by atoms with Crippen molar-refractivity contribution in [2.75, 3.05) is 31.1 Å². The van der Waals surface area contributed by atoms with Crippen LogP contribution >= 0.6 is 22.9 Å². The van der Waals surface area contributed by atoms with E-state index in [0.29, 0.717) is 36.3 Å². The minimum Gasteiger partial charge on any atom is -0.345 e. The maximum absolute atomic E-state index is 12.6. The Bertz CT molecular complexity index is 861. The van der Waals surface area contributed by atoms with Crippen LogP contribution in [-0.2, 0) is 10.0 Å². The standard InChI is InChI=1S/C14H15ClN4O4S2/c15-10-1-3-11(4-2-10)25(22,23)19-7-5-18(6-8-19)14-16-9-12(24-14)13(20)17-21/h1-4,9,21H,5-8H2,(H,17,20). The molecule has 0 bridgehead atoms. The lowest BCUT2D eigenvalue weighted by Gasteiger charge is -2.33. The Morgan fingerprint density at radius 3 is 2.44 bits per heavy atom. The van der Waals surface area contributed by atoms with Crippen molar-refractivity contribution in [2.24, 2.45) is 0 Å². The van der Waals surface area contributed by atoms with Crippen LogP contribution in [0.5, 0.6) is 0 Å². The maximum atomic E-state index is 12.6. The number of hydroxylamine groups is 1. The number of benzene rings is 1. The summed E-state index contributed by atoms with van der Waals surface area (Å²) in [5.74, 6) is -0.618. The minimum atomic E-state index is -3.56. The number of nitrogens with zero attached hydrogens (tertiary/aromatic N) is 3. The molecule has 0 saturated carbocycles. The van der Waals surface area contributed by atoms with E-state index in [1.165, 1.54) is 22.6 Å². The Labute approximate surface area is 153 Å². The average molecular weight is 403 g/mol. The number of carbonyl (C=O) groups is 1. The fraction of sp³-hybridized carbons (Fsp3) is 0.286. The number of sulfonamides is 1. The van der Waals surface area contributed by atoms with Gasteiger partial charge >= 0.3 is 0 Å². The second kappa shape index (κ2) is 7.26. The van der Waals surface area contributed by atoms with E-state index < -0.39 is 15.9 Å². The van der Waals surface area contributed by atoms with Crippen LogP contribution in [0.3, 0.4) is 0 Å². The first-order valence-electron chi connectivity index (χ1n) is 7.33. The number of thiazole rings is 1. The fourth-order valence-corrected chi connectivity index (χ4v) is 4.85. The van der Waals surface area contributed by atoms with E-state index in [1.54, 1.807) is 17.6 Å². The Morgan fingerprint density at radius 1 is 1.20 bits per heavy atom. The third-order valence-electron chi connectivity index (χ3n) is 3.78. The third kappa shape index (κ3) is 3.77. The van der Waals surface area contributed by atoms with Crippen molar-refractivity contribution in [3.05, 3.63) is 40.4 Å². The van der Waals surface area contributed by atoms with Crippen LogP contribution in [0.1, 0.15) is 9.67 Å². The summed E-state index contributed by atoms with van der Waals surface area (Å²) in [5, 5.41) is 9.74. The van der Waals surface area contributed by atoms with Gasteiger partial charge in [0.1, 0.15) is 4.88 Å². The first-order valence-corrected chi connectivity index (χ1v) is 9.96. The molecule has 0 aliphatic carbocycles. The molecule has 134 valence electrons. The molecule has 3 rings (SSSR count). The van der Waals surface area contributed by atoms with E-state index in [1.807, 2.05) is 4.90 Å². The van der Waals surface area contributed by atoms with Crippen molar-refractivity contribution >= 4 is 44.0 Å². The van der Waals surface area contributed by atoms with Crippen LogP contribution in [0.25, 0.3) is 0 Å². The molecular formula is C14H15ClN4O4S2. The number of carbonyl (C=O) groups excluding carboxylic acids is 1. The van der Waals surface area contributed by atoms with Gasteiger partial charge in [0.15, 0.2) is 5.13 Å². The minimum absolute atomic E-state index is 0.210. The van der Waals surface area contributed by atoms with Gasteiger partial charge in [0.2, 0.25) is 10.0 Å². The van der Waals surface area contributed by atoms with E-state index in [4.69, 9.17) is 16.8 Å². The Hall–Kier alpha value is -1.72. The smallest absolute Gasteiger partial charge is 0.286 e. The molecule has 8 nitrogen and oxygen atoms in total. The first kappa shape index (κ1) is 18.1. The highest BCUT2D eigenvalue weighted by Crippen LogP contribution is 2.25. The van der Waals surface area contributed by atoms with Gasteiger partial charge in [0.05, 0.1) is 11.1 Å². The first-order chi connectivity index (χ1) is 11.9. The zero-order chi connectivity index (χ0) is 18.0. The summed E-state index contributed by atoms with van der Waals surface area (Å²) in [6.07, 6.45) is 1.38. The van der Waals surface area contributed by atoms with Gasteiger partial charge in [-0.3, -0.25) is 10.0 Å². The van der Waals surface area contributed by atoms with Crippen molar-refractivity contribution in [3.63, 3.8) is 0 Å². The lowest BCUT2D eigenvalue weighted by Crippen LogP contribution is -2.48. The number of nitrogens with one attached hydrogen (secondary N) is 1. The number of amides is 1. The summed E-state index contributed by atoms with van der Waals surface area (Å²) in [5.41, 5.74) is 1.56. The van der Waals surface area contributed by atoms with E-state index in [-0.39, 0.29) is 9.77 Å². The van der Waals surface area contributed by atoms with Crippen LogP contribution in [-0.4, -0.2) is 55.0 Å². The molecule has 0 spiro atoms. The van der Waals surface area contributed by atoms with E-state index in [0.717, 1.165) is 11.3 Å². The number of piperazine rings is 1. The van der Waals surface area contributed by atoms with Gasteiger partial charge in [0.25, 0.3) is 5.91 Å². The molecule has 25 heavy (non-hydrogen) atoms. The summed E-state index contributed by atoms with van der Waals surface area (Å²) in [6.45, 7) is 1.54. The summed E-state index contributed by atoms with van der Waals surface area (Å²) >= 11 is 6.94. The molecule has 1 aromatic heterocycles. The Morgan fingerprint density at radius 2 is 1.84 bits per heavy atom. The zero-order valence-electron chi connectivity index (χ0n) is 12.9. The molecule has 0 unspecified atom stereocenters. The van der Waals surface area contributed by atoms with Crippen LogP contribution in [0.15, 0.2) is 35.4 Å². The molecule has 1 aliphatic rings. The summed E-state index contributed by atoms with van der Waals surface area (Å²) in [7, 11) is -3.56. The molecule has 11 heteroatoms. The predicted molar refractivity (Wildman–Crippen MR) is 93.8 cm³/mol. The Kier molecular flexibility index (Phi) is 5.25. The Balaban J connectivity index is 1.68.